The zero-order valence-corrected chi connectivity index (χ0v) is 13.0. The second-order valence-corrected chi connectivity index (χ2v) is 6.68. The van der Waals surface area contributed by atoms with E-state index < -0.39 is 5.60 Å². The summed E-state index contributed by atoms with van der Waals surface area (Å²) in [5, 5.41) is 14.6. The van der Waals surface area contributed by atoms with Crippen molar-refractivity contribution in [3.05, 3.63) is 42.5 Å². The summed E-state index contributed by atoms with van der Waals surface area (Å²) >= 11 is 0. The van der Waals surface area contributed by atoms with Crippen molar-refractivity contribution < 1.29 is 9.90 Å². The Balaban J connectivity index is 1.95. The third-order valence-corrected chi connectivity index (χ3v) is 4.63. The SMILES string of the molecule is CC1(C)CN(C(=O)c2ccccc2-n2cncn2)C[C@]1(C)O. The van der Waals surface area contributed by atoms with Crippen LogP contribution in [0.3, 0.4) is 0 Å². The molecule has 1 aliphatic heterocycles. The molecule has 116 valence electrons. The Morgan fingerprint density at radius 1 is 1.23 bits per heavy atom. The molecule has 0 unspecified atom stereocenters. The molecule has 3 rings (SSSR count). The topological polar surface area (TPSA) is 71.2 Å². The molecule has 2 heterocycles. The lowest BCUT2D eigenvalue weighted by molar-refractivity contribution is -0.0108. The number of aliphatic hydroxyl groups is 1. The summed E-state index contributed by atoms with van der Waals surface area (Å²) in [6, 6.07) is 7.30. The molecule has 1 aromatic heterocycles. The lowest BCUT2D eigenvalue weighted by Gasteiger charge is -2.30. The number of hydrogen-bond acceptors (Lipinski definition) is 4. The van der Waals surface area contributed by atoms with Crippen molar-refractivity contribution in [1.29, 1.82) is 0 Å². The highest BCUT2D eigenvalue weighted by Crippen LogP contribution is 2.39. The summed E-state index contributed by atoms with van der Waals surface area (Å²) in [7, 11) is 0. The number of hydrogen-bond donors (Lipinski definition) is 1. The maximum atomic E-state index is 12.9. The number of para-hydroxylation sites is 1. The maximum absolute atomic E-state index is 12.9. The number of rotatable bonds is 2. The van der Waals surface area contributed by atoms with Crippen LogP contribution in [0.25, 0.3) is 5.69 Å². The molecule has 1 aromatic carbocycles. The van der Waals surface area contributed by atoms with Crippen LogP contribution >= 0.6 is 0 Å². The molecule has 22 heavy (non-hydrogen) atoms. The van der Waals surface area contributed by atoms with Gasteiger partial charge in [-0.3, -0.25) is 4.79 Å². The van der Waals surface area contributed by atoms with Gasteiger partial charge in [0.1, 0.15) is 12.7 Å². The van der Waals surface area contributed by atoms with E-state index in [2.05, 4.69) is 10.1 Å². The number of carbonyl (C=O) groups excluding carboxylic acids is 1. The van der Waals surface area contributed by atoms with Crippen LogP contribution in [-0.4, -0.2) is 49.4 Å². The van der Waals surface area contributed by atoms with Crippen molar-refractivity contribution in [2.24, 2.45) is 5.41 Å². The highest BCUT2D eigenvalue weighted by Gasteiger charge is 2.49. The standard InChI is InChI=1S/C16H20N4O2/c1-15(2)8-19(9-16(15,3)22)14(21)12-6-4-5-7-13(12)20-11-17-10-18-20/h4-7,10-11,22H,8-9H2,1-3H3/t16-/m0/s1. The average molecular weight is 300 g/mol. The first-order valence-electron chi connectivity index (χ1n) is 7.27. The van der Waals surface area contributed by atoms with Gasteiger partial charge in [-0.2, -0.15) is 5.10 Å². The monoisotopic (exact) mass is 300 g/mol. The Labute approximate surface area is 129 Å². The van der Waals surface area contributed by atoms with Crippen LogP contribution in [0.5, 0.6) is 0 Å². The van der Waals surface area contributed by atoms with Crippen LogP contribution in [0.15, 0.2) is 36.9 Å². The van der Waals surface area contributed by atoms with E-state index in [0.717, 1.165) is 0 Å². The molecule has 1 N–H and O–H groups in total. The number of likely N-dealkylation sites (tertiary alicyclic amines) is 1. The lowest BCUT2D eigenvalue weighted by Crippen LogP contribution is -2.40. The molecule has 1 atom stereocenters. The Hall–Kier alpha value is -2.21. The van der Waals surface area contributed by atoms with Gasteiger partial charge in [0, 0.05) is 12.0 Å². The van der Waals surface area contributed by atoms with E-state index in [1.807, 2.05) is 32.0 Å². The first-order valence-corrected chi connectivity index (χ1v) is 7.27. The van der Waals surface area contributed by atoms with Gasteiger partial charge in [-0.15, -0.1) is 0 Å². The largest absolute Gasteiger partial charge is 0.388 e. The van der Waals surface area contributed by atoms with Crippen LogP contribution in [0.1, 0.15) is 31.1 Å². The Morgan fingerprint density at radius 3 is 2.55 bits per heavy atom. The first kappa shape index (κ1) is 14.7. The minimum atomic E-state index is -0.898. The van der Waals surface area contributed by atoms with Crippen molar-refractivity contribution in [3.63, 3.8) is 0 Å². The van der Waals surface area contributed by atoms with Crippen molar-refractivity contribution >= 4 is 5.91 Å². The number of aromatic nitrogens is 3. The third-order valence-electron chi connectivity index (χ3n) is 4.63. The van der Waals surface area contributed by atoms with Gasteiger partial charge < -0.3 is 10.0 Å². The first-order chi connectivity index (χ1) is 10.3. The highest BCUT2D eigenvalue weighted by molar-refractivity contribution is 5.98. The molecule has 0 saturated carbocycles. The van der Waals surface area contributed by atoms with Crippen LogP contribution in [0.2, 0.25) is 0 Å². The molecule has 1 amide bonds. The van der Waals surface area contributed by atoms with Gasteiger partial charge in [0.25, 0.3) is 5.91 Å². The molecule has 2 aromatic rings. The van der Waals surface area contributed by atoms with Crippen LogP contribution in [0.4, 0.5) is 0 Å². The molecule has 1 aliphatic rings. The number of carbonyl (C=O) groups is 1. The van der Waals surface area contributed by atoms with Gasteiger partial charge in [0.05, 0.1) is 23.4 Å². The van der Waals surface area contributed by atoms with E-state index in [1.54, 1.807) is 28.9 Å². The van der Waals surface area contributed by atoms with E-state index in [0.29, 0.717) is 24.3 Å². The molecular formula is C16H20N4O2. The molecule has 6 nitrogen and oxygen atoms in total. The number of amides is 1. The zero-order valence-electron chi connectivity index (χ0n) is 13.0. The molecule has 1 saturated heterocycles. The summed E-state index contributed by atoms with van der Waals surface area (Å²) in [6.07, 6.45) is 3.00. The molecule has 0 radical (unpaired) electrons. The second-order valence-electron chi connectivity index (χ2n) is 6.68. The fraction of sp³-hybridized carbons (Fsp3) is 0.438. The van der Waals surface area contributed by atoms with E-state index in [9.17, 15) is 9.90 Å². The molecule has 0 aliphatic carbocycles. The average Bonchev–Trinajstić information content (AvgIpc) is 3.05. The van der Waals surface area contributed by atoms with Gasteiger partial charge in [-0.25, -0.2) is 9.67 Å². The maximum Gasteiger partial charge on any atom is 0.256 e. The van der Waals surface area contributed by atoms with Crippen molar-refractivity contribution in [2.75, 3.05) is 13.1 Å². The number of β-amino-alcohol motifs (C(OH)–C–C–N with tert-alkyl or cyclic N) is 1. The van der Waals surface area contributed by atoms with Crippen LogP contribution < -0.4 is 0 Å². The van der Waals surface area contributed by atoms with Crippen LogP contribution in [-0.2, 0) is 0 Å². The van der Waals surface area contributed by atoms with Crippen LogP contribution in [0, 0.1) is 5.41 Å². The quantitative estimate of drug-likeness (QED) is 0.912. The van der Waals surface area contributed by atoms with E-state index >= 15 is 0 Å². The third kappa shape index (κ3) is 2.29. The lowest BCUT2D eigenvalue weighted by atomic mass is 9.79. The Morgan fingerprint density at radius 2 is 1.95 bits per heavy atom. The molecule has 0 spiro atoms. The molecule has 1 fully saturated rings. The van der Waals surface area contributed by atoms with Gasteiger partial charge >= 0.3 is 0 Å². The Kier molecular flexibility index (Phi) is 3.29. The van der Waals surface area contributed by atoms with E-state index in [1.165, 1.54) is 6.33 Å². The van der Waals surface area contributed by atoms with Crippen molar-refractivity contribution in [3.8, 4) is 5.69 Å². The fourth-order valence-corrected chi connectivity index (χ4v) is 2.79. The summed E-state index contributed by atoms with van der Waals surface area (Å²) in [5.41, 5.74) is 0.00580. The Bertz CT molecular complexity index is 676. The predicted octanol–water partition coefficient (Wildman–Crippen LogP) is 1.50. The number of nitrogens with zero attached hydrogens (tertiary/aromatic N) is 4. The molecule has 0 bridgehead atoms. The van der Waals surface area contributed by atoms with E-state index in [-0.39, 0.29) is 11.3 Å². The summed E-state index contributed by atoms with van der Waals surface area (Å²) in [4.78, 5) is 18.5. The predicted molar refractivity (Wildman–Crippen MR) is 81.7 cm³/mol. The minimum Gasteiger partial charge on any atom is -0.388 e. The zero-order chi connectivity index (χ0) is 16.0. The normalized spacial score (nSPS) is 23.7. The summed E-state index contributed by atoms with van der Waals surface area (Å²) in [5.74, 6) is -0.100. The van der Waals surface area contributed by atoms with Gasteiger partial charge in [-0.05, 0) is 19.1 Å². The van der Waals surface area contributed by atoms with Gasteiger partial charge in [-0.1, -0.05) is 26.0 Å². The van der Waals surface area contributed by atoms with Gasteiger partial charge in [0.2, 0.25) is 0 Å². The van der Waals surface area contributed by atoms with Crippen molar-refractivity contribution in [2.45, 2.75) is 26.4 Å². The smallest absolute Gasteiger partial charge is 0.256 e. The molecular weight excluding hydrogens is 280 g/mol. The molecule has 6 heteroatoms. The van der Waals surface area contributed by atoms with Crippen molar-refractivity contribution in [1.82, 2.24) is 19.7 Å². The highest BCUT2D eigenvalue weighted by atomic mass is 16.3. The summed E-state index contributed by atoms with van der Waals surface area (Å²) in [6.45, 7) is 6.58. The number of benzene rings is 1. The van der Waals surface area contributed by atoms with E-state index in [4.69, 9.17) is 0 Å². The fourth-order valence-electron chi connectivity index (χ4n) is 2.79. The minimum absolute atomic E-state index is 0.100. The summed E-state index contributed by atoms with van der Waals surface area (Å²) < 4.78 is 1.58. The second kappa shape index (κ2) is 4.91. The van der Waals surface area contributed by atoms with Gasteiger partial charge in [0.15, 0.2) is 0 Å².